The maximum absolute atomic E-state index is 14.1. The first-order chi connectivity index (χ1) is 13.7. The molecule has 4 nitrogen and oxygen atoms in total. The number of hydrogen-bond donors (Lipinski definition) is 0. The summed E-state index contributed by atoms with van der Waals surface area (Å²) in [5.74, 6) is -5.59. The van der Waals surface area contributed by atoms with E-state index in [1.54, 1.807) is 70.5 Å². The summed E-state index contributed by atoms with van der Waals surface area (Å²) in [5.41, 5.74) is 1.30. The average molecular weight is 479 g/mol. The van der Waals surface area contributed by atoms with Gasteiger partial charge in [-0.25, -0.2) is 4.79 Å². The molecule has 0 unspecified atom stereocenters. The molecule has 0 heterocycles. The summed E-state index contributed by atoms with van der Waals surface area (Å²) in [6.45, 7) is -1.82. The Morgan fingerprint density at radius 3 is 1.93 bits per heavy atom. The van der Waals surface area contributed by atoms with Crippen LogP contribution in [0.15, 0.2) is 60.7 Å². The number of esters is 1. The van der Waals surface area contributed by atoms with Gasteiger partial charge in [0.05, 0.1) is 13.2 Å². The van der Waals surface area contributed by atoms with Crippen LogP contribution in [0.1, 0.15) is 11.1 Å². The Hall–Kier alpha value is -1.97. The van der Waals surface area contributed by atoms with Crippen LogP contribution < -0.4 is 0 Å². The SMILES string of the molecule is O=C(COCc1ccccc1)OC[C@@H](OCc1ccccc1)C(F)(F)C(F)(F)Br. The van der Waals surface area contributed by atoms with E-state index in [-0.39, 0.29) is 13.2 Å². The quantitative estimate of drug-likeness (QED) is 0.260. The van der Waals surface area contributed by atoms with Gasteiger partial charge >= 0.3 is 16.7 Å². The molecule has 158 valence electrons. The third-order valence-electron chi connectivity index (χ3n) is 3.80. The zero-order chi connectivity index (χ0) is 21.3. The van der Waals surface area contributed by atoms with E-state index in [1.165, 1.54) is 0 Å². The summed E-state index contributed by atoms with van der Waals surface area (Å²) in [4.78, 5) is 7.20. The summed E-state index contributed by atoms with van der Waals surface area (Å²) < 4.78 is 69.6. The molecule has 9 heteroatoms. The van der Waals surface area contributed by atoms with Crippen LogP contribution in [0.4, 0.5) is 17.6 Å². The molecule has 0 N–H and O–H groups in total. The maximum atomic E-state index is 14.1. The molecule has 29 heavy (non-hydrogen) atoms. The Kier molecular flexibility index (Phi) is 8.60. The number of alkyl halides is 5. The molecule has 2 aromatic rings. The van der Waals surface area contributed by atoms with Crippen molar-refractivity contribution in [3.8, 4) is 0 Å². The smallest absolute Gasteiger partial charge is 0.366 e. The van der Waals surface area contributed by atoms with Crippen LogP contribution in [0.5, 0.6) is 0 Å². The molecule has 0 aliphatic rings. The lowest BCUT2D eigenvalue weighted by molar-refractivity contribution is -0.234. The molecule has 0 bridgehead atoms. The van der Waals surface area contributed by atoms with Gasteiger partial charge in [0.15, 0.2) is 6.10 Å². The lowest BCUT2D eigenvalue weighted by Gasteiger charge is -2.29. The van der Waals surface area contributed by atoms with E-state index in [0.29, 0.717) is 5.56 Å². The molecule has 0 saturated carbocycles. The fourth-order valence-corrected chi connectivity index (χ4v) is 2.50. The number of hydrogen-bond acceptors (Lipinski definition) is 4. The van der Waals surface area contributed by atoms with E-state index in [0.717, 1.165) is 5.56 Å². The predicted molar refractivity (Wildman–Crippen MR) is 101 cm³/mol. The van der Waals surface area contributed by atoms with Crippen molar-refractivity contribution in [3.63, 3.8) is 0 Å². The van der Waals surface area contributed by atoms with Gasteiger partial charge in [-0.05, 0) is 27.1 Å². The van der Waals surface area contributed by atoms with E-state index < -0.39 is 36.0 Å². The number of benzene rings is 2. The Bertz CT molecular complexity index is 754. The van der Waals surface area contributed by atoms with Crippen molar-refractivity contribution in [1.29, 1.82) is 0 Å². The second-order valence-electron chi connectivity index (χ2n) is 6.07. The number of carbonyl (C=O) groups excluding carboxylic acids is 1. The van der Waals surface area contributed by atoms with E-state index in [4.69, 9.17) is 9.47 Å². The molecule has 0 aromatic heterocycles. The van der Waals surface area contributed by atoms with Crippen molar-refractivity contribution < 1.29 is 36.6 Å². The third kappa shape index (κ3) is 7.41. The van der Waals surface area contributed by atoms with Crippen LogP contribution in [0.3, 0.4) is 0 Å². The minimum absolute atomic E-state index is 0.111. The highest BCUT2D eigenvalue weighted by molar-refractivity contribution is 9.10. The first-order valence-corrected chi connectivity index (χ1v) is 9.37. The average Bonchev–Trinajstić information content (AvgIpc) is 2.68. The number of ether oxygens (including phenoxy) is 3. The van der Waals surface area contributed by atoms with Crippen molar-refractivity contribution >= 4 is 21.9 Å². The van der Waals surface area contributed by atoms with Gasteiger partial charge < -0.3 is 14.2 Å². The monoisotopic (exact) mass is 478 g/mol. The molecular weight excluding hydrogens is 460 g/mol. The van der Waals surface area contributed by atoms with Gasteiger partial charge in [0.25, 0.3) is 0 Å². The van der Waals surface area contributed by atoms with Gasteiger partial charge in [0.2, 0.25) is 0 Å². The van der Waals surface area contributed by atoms with Crippen LogP contribution in [0.25, 0.3) is 0 Å². The van der Waals surface area contributed by atoms with Crippen LogP contribution >= 0.6 is 15.9 Å². The fraction of sp³-hybridized carbons (Fsp3) is 0.350. The molecule has 0 spiro atoms. The highest BCUT2D eigenvalue weighted by atomic mass is 79.9. The van der Waals surface area contributed by atoms with Gasteiger partial charge in [0.1, 0.15) is 13.2 Å². The van der Waals surface area contributed by atoms with Gasteiger partial charge in [-0.1, -0.05) is 60.7 Å². The lowest BCUT2D eigenvalue weighted by atomic mass is 10.2. The van der Waals surface area contributed by atoms with Crippen LogP contribution in [-0.2, 0) is 32.2 Å². The van der Waals surface area contributed by atoms with E-state index >= 15 is 0 Å². The molecule has 2 aromatic carbocycles. The van der Waals surface area contributed by atoms with Crippen molar-refractivity contribution in [2.24, 2.45) is 0 Å². The molecule has 0 saturated heterocycles. The van der Waals surface area contributed by atoms with Gasteiger partial charge in [-0.2, -0.15) is 17.6 Å². The van der Waals surface area contributed by atoms with Crippen molar-refractivity contribution in [1.82, 2.24) is 0 Å². The molecule has 2 rings (SSSR count). The highest BCUT2D eigenvalue weighted by Crippen LogP contribution is 2.43. The molecule has 0 fully saturated rings. The van der Waals surface area contributed by atoms with Gasteiger partial charge in [-0.3, -0.25) is 0 Å². The number of carbonyl (C=O) groups is 1. The van der Waals surface area contributed by atoms with Crippen LogP contribution in [0, 0.1) is 0 Å². The standard InChI is InChI=1S/C20H19BrF4O4/c21-20(24,25)19(22,23)17(28-12-16-9-5-2-6-10-16)13-29-18(26)14-27-11-15-7-3-1-4-8-15/h1-10,17H,11-14H2/t17-/m1/s1. The number of rotatable bonds is 11. The summed E-state index contributed by atoms with van der Waals surface area (Å²) >= 11 is 1.67. The zero-order valence-electron chi connectivity index (χ0n) is 15.2. The molecule has 0 aliphatic heterocycles. The maximum Gasteiger partial charge on any atom is 0.366 e. The molecule has 1 atom stereocenters. The van der Waals surface area contributed by atoms with E-state index in [9.17, 15) is 22.4 Å². The summed E-state index contributed by atoms with van der Waals surface area (Å²) in [6, 6.07) is 17.1. The normalized spacial score (nSPS) is 13.1. The molecular formula is C20H19BrF4O4. The van der Waals surface area contributed by atoms with Crippen molar-refractivity contribution in [2.75, 3.05) is 13.2 Å². The third-order valence-corrected chi connectivity index (χ3v) is 4.33. The van der Waals surface area contributed by atoms with E-state index in [1.807, 2.05) is 6.07 Å². The van der Waals surface area contributed by atoms with Crippen molar-refractivity contribution in [2.45, 2.75) is 30.1 Å². The first kappa shape index (κ1) is 23.3. The molecule has 0 aliphatic carbocycles. The second-order valence-corrected chi connectivity index (χ2v) is 7.06. The summed E-state index contributed by atoms with van der Waals surface area (Å²) in [6.07, 6.45) is -2.37. The highest BCUT2D eigenvalue weighted by Gasteiger charge is 2.60. The largest absolute Gasteiger partial charge is 0.461 e. The van der Waals surface area contributed by atoms with Gasteiger partial charge in [-0.15, -0.1) is 0 Å². The topological polar surface area (TPSA) is 44.8 Å². The van der Waals surface area contributed by atoms with Gasteiger partial charge in [0, 0.05) is 0 Å². The van der Waals surface area contributed by atoms with Crippen molar-refractivity contribution in [3.05, 3.63) is 71.8 Å². The summed E-state index contributed by atoms with van der Waals surface area (Å²) in [5, 5.41) is 0. The minimum Gasteiger partial charge on any atom is -0.461 e. The Morgan fingerprint density at radius 1 is 0.897 bits per heavy atom. The first-order valence-electron chi connectivity index (χ1n) is 8.57. The minimum atomic E-state index is -4.62. The van der Waals surface area contributed by atoms with Crippen LogP contribution in [-0.4, -0.2) is 36.0 Å². The fourth-order valence-electron chi connectivity index (χ4n) is 2.25. The zero-order valence-corrected chi connectivity index (χ0v) is 16.8. The Balaban J connectivity index is 1.89. The predicted octanol–water partition coefficient (Wildman–Crippen LogP) is 4.95. The summed E-state index contributed by atoms with van der Waals surface area (Å²) in [7, 11) is 0. The Morgan fingerprint density at radius 2 is 1.41 bits per heavy atom. The molecule has 0 amide bonds. The lowest BCUT2D eigenvalue weighted by Crippen LogP contribution is -2.50. The molecule has 0 radical (unpaired) electrons. The Labute approximate surface area is 173 Å². The van der Waals surface area contributed by atoms with E-state index in [2.05, 4.69) is 4.74 Å². The second kappa shape index (κ2) is 10.7. The number of halogens is 5. The van der Waals surface area contributed by atoms with Crippen LogP contribution in [0.2, 0.25) is 0 Å².